The molecule has 0 saturated heterocycles. The van der Waals surface area contributed by atoms with Crippen molar-refractivity contribution in [1.29, 1.82) is 0 Å². The van der Waals surface area contributed by atoms with Crippen molar-refractivity contribution in [3.63, 3.8) is 0 Å². The maximum absolute atomic E-state index is 12.9. The van der Waals surface area contributed by atoms with Crippen molar-refractivity contribution >= 4 is 79.7 Å². The second kappa shape index (κ2) is 22.8. The largest absolute Gasteiger partial charge is 1.00 e. The Balaban J connectivity index is -0.00000215. The van der Waals surface area contributed by atoms with Gasteiger partial charge < -0.3 is 44.8 Å². The van der Waals surface area contributed by atoms with Crippen LogP contribution < -0.4 is 81.2 Å². The van der Waals surface area contributed by atoms with Crippen molar-refractivity contribution in [2.75, 3.05) is 10.6 Å². The van der Waals surface area contributed by atoms with E-state index < -0.39 is 26.6 Å². The van der Waals surface area contributed by atoms with E-state index in [2.05, 4.69) is 20.7 Å². The summed E-state index contributed by atoms with van der Waals surface area (Å²) >= 11 is 5.21. The number of hydrogen-bond donors (Lipinski definition) is 4. The van der Waals surface area contributed by atoms with Crippen molar-refractivity contribution in [3.05, 3.63) is 52.2 Å². The molecule has 2 aromatic rings. The number of carbonyl (C=O) groups is 2. The molecule has 0 aromatic heterocycles. The zero-order chi connectivity index (χ0) is 30.5. The number of anilines is 2. The Hall–Kier alpha value is -1.66. The zero-order valence-corrected chi connectivity index (χ0v) is 31.8. The predicted molar refractivity (Wildman–Crippen MR) is 164 cm³/mol. The van der Waals surface area contributed by atoms with E-state index in [1.165, 1.54) is 56.3 Å². The standard InChI is InChI=1S/C23H27N4O6S3.C3H5O.H3N.2Na/c1-5-22(29)27-36(32,33)21-13-19(26-23(34)24-14(2)3)11-9-17(21)7-6-16-8-10-18(25-15(4)28)12-20(16)35(30)31;1-2-3-4;;;/h6-14H,5H2,1-4H3,(H4,24,25,26,27,28,29,30,31,34);2H2,1H3;1H3;;/q2*-1;;2*+1/p-1. The number of rotatable bonds is 10. The van der Waals surface area contributed by atoms with Gasteiger partial charge in [0.2, 0.25) is 5.91 Å². The van der Waals surface area contributed by atoms with Crippen LogP contribution in [0.15, 0.2) is 46.2 Å². The fourth-order valence-corrected chi connectivity index (χ4v) is 5.04. The molecule has 0 fully saturated rings. The molecule has 0 aliphatic heterocycles. The average molecular weight is 671 g/mol. The minimum Gasteiger partial charge on any atom is -0.542 e. The number of carbonyl (C=O) groups excluding carboxylic acids is 3. The molecule has 12 nitrogen and oxygen atoms in total. The summed E-state index contributed by atoms with van der Waals surface area (Å²) < 4.78 is 52.7. The van der Waals surface area contributed by atoms with Crippen LogP contribution in [0.4, 0.5) is 11.4 Å². The van der Waals surface area contributed by atoms with Gasteiger partial charge in [0.25, 0.3) is 0 Å². The normalized spacial score (nSPS) is 10.2. The van der Waals surface area contributed by atoms with Gasteiger partial charge in [-0.1, -0.05) is 49.1 Å². The van der Waals surface area contributed by atoms with Crippen LogP contribution in [-0.4, -0.2) is 37.7 Å². The number of sulfonamides is 1. The van der Waals surface area contributed by atoms with Gasteiger partial charge >= 0.3 is 59.1 Å². The molecule has 226 valence electrons. The Labute approximate surface area is 304 Å². The molecule has 43 heavy (non-hydrogen) atoms. The Bertz CT molecular complexity index is 1460. The molecule has 0 radical (unpaired) electrons. The van der Waals surface area contributed by atoms with Crippen molar-refractivity contribution in [1.82, 2.24) is 11.5 Å². The summed E-state index contributed by atoms with van der Waals surface area (Å²) in [5.41, 5.74) is 1.07. The van der Waals surface area contributed by atoms with Crippen LogP contribution in [0, 0.1) is 0 Å². The molecule has 2 aromatic carbocycles. The molecule has 0 bridgehead atoms. The first-order chi connectivity index (χ1) is 18.7. The van der Waals surface area contributed by atoms with Crippen LogP contribution in [0.2, 0.25) is 0 Å². The summed E-state index contributed by atoms with van der Waals surface area (Å²) in [6.45, 7) is 8.32. The van der Waals surface area contributed by atoms with Crippen molar-refractivity contribution in [2.24, 2.45) is 0 Å². The first kappa shape index (κ1) is 45.8. The van der Waals surface area contributed by atoms with Crippen LogP contribution in [0.1, 0.15) is 58.6 Å². The van der Waals surface area contributed by atoms with Gasteiger partial charge in [0.1, 0.15) is 10.0 Å². The Morgan fingerprint density at radius 1 is 1.00 bits per heavy atom. The number of amides is 2. The van der Waals surface area contributed by atoms with Gasteiger partial charge in [-0.25, -0.2) is 8.42 Å². The Morgan fingerprint density at radius 3 is 1.98 bits per heavy atom. The van der Waals surface area contributed by atoms with Crippen molar-refractivity contribution < 1.29 is 90.3 Å². The Kier molecular flexibility index (Phi) is 24.3. The van der Waals surface area contributed by atoms with Gasteiger partial charge in [-0.15, -0.1) is 0 Å². The molecule has 17 heteroatoms. The maximum atomic E-state index is 12.9. The van der Waals surface area contributed by atoms with Gasteiger partial charge in [0, 0.05) is 24.3 Å². The summed E-state index contributed by atoms with van der Waals surface area (Å²) in [5.74, 6) is -1.17. The molecule has 0 unspecified atom stereocenters. The molecule has 2 rings (SSSR count). The number of benzene rings is 2. The summed E-state index contributed by atoms with van der Waals surface area (Å²) in [5, 5.41) is 8.65. The van der Waals surface area contributed by atoms with E-state index in [0.717, 1.165) is 0 Å². The molecule has 6 N–H and O–H groups in total. The van der Waals surface area contributed by atoms with Gasteiger partial charge in [-0.05, 0) is 72.5 Å². The molecular formula is C26H34N5Na2O7S3-. The van der Waals surface area contributed by atoms with Crippen molar-refractivity contribution in [2.45, 2.75) is 63.3 Å². The monoisotopic (exact) mass is 670 g/mol. The smallest absolute Gasteiger partial charge is 0.542 e. The molecule has 0 saturated carbocycles. The SMILES string of the molecule is CCC(=O)[N-]S(=O)(=O)c1cc(NC(=S)NC(C)C)ccc1/C=C/c1ccc(NC(C)=O)cc1[S-](=O)=O.CC[C-]=O.N.[Na+].[Na+]. The van der Waals surface area contributed by atoms with E-state index in [-0.39, 0.29) is 110 Å². The van der Waals surface area contributed by atoms with Crippen LogP contribution in [-0.2, 0) is 43.5 Å². The number of thiocarbonyl (C=S) groups is 1. The topological polar surface area (TPSA) is 205 Å². The summed E-state index contributed by atoms with van der Waals surface area (Å²) in [6.07, 6.45) is 4.91. The minimum atomic E-state index is -4.38. The Morgan fingerprint density at radius 2 is 1.51 bits per heavy atom. The van der Waals surface area contributed by atoms with E-state index >= 15 is 0 Å². The van der Waals surface area contributed by atoms with E-state index in [0.29, 0.717) is 17.8 Å². The molecule has 2 amide bonds. The predicted octanol–water partition coefficient (Wildman–Crippen LogP) is -1.15. The van der Waals surface area contributed by atoms with Gasteiger partial charge in [-0.3, -0.25) is 11.1 Å². The fraction of sp³-hybridized carbons (Fsp3) is 0.308. The summed E-state index contributed by atoms with van der Waals surface area (Å²) in [4.78, 5) is 31.8. The number of nitrogens with one attached hydrogen (secondary N) is 3. The molecule has 0 spiro atoms. The molecule has 0 atom stereocenters. The first-order valence-corrected chi connectivity index (χ1v) is 14.9. The summed E-state index contributed by atoms with van der Waals surface area (Å²) in [6, 6.07) is 8.68. The third-order valence-corrected chi connectivity index (χ3v) is 6.88. The fourth-order valence-electron chi connectivity index (χ4n) is 2.93. The van der Waals surface area contributed by atoms with Crippen LogP contribution in [0.25, 0.3) is 16.9 Å². The third kappa shape index (κ3) is 16.8. The molecule has 0 aliphatic carbocycles. The average Bonchev–Trinajstić information content (AvgIpc) is 2.87. The van der Waals surface area contributed by atoms with E-state index in [9.17, 15) is 26.4 Å². The maximum Gasteiger partial charge on any atom is 1.00 e. The van der Waals surface area contributed by atoms with Crippen LogP contribution in [0.5, 0.6) is 0 Å². The molecular weight excluding hydrogens is 636 g/mol. The number of nitrogens with zero attached hydrogens (tertiary/aromatic N) is 1. The number of hydrogen-bond acceptors (Lipinski definition) is 10. The van der Waals surface area contributed by atoms with E-state index in [1.54, 1.807) is 19.3 Å². The molecule has 0 heterocycles. The summed E-state index contributed by atoms with van der Waals surface area (Å²) in [7, 11) is -7.02. The quantitative estimate of drug-likeness (QED) is 0.0781. The first-order valence-electron chi connectivity index (χ1n) is 12.0. The van der Waals surface area contributed by atoms with Crippen LogP contribution >= 0.6 is 12.2 Å². The second-order valence-corrected chi connectivity index (χ2v) is 11.2. The van der Waals surface area contributed by atoms with Gasteiger partial charge in [-0.2, -0.15) is 6.42 Å². The van der Waals surface area contributed by atoms with E-state index in [1.807, 2.05) is 13.8 Å². The van der Waals surface area contributed by atoms with Crippen molar-refractivity contribution in [3.8, 4) is 0 Å². The zero-order valence-electron chi connectivity index (χ0n) is 25.3. The van der Waals surface area contributed by atoms with Gasteiger partial charge in [0.05, 0.1) is 10.8 Å². The van der Waals surface area contributed by atoms with E-state index in [4.69, 9.17) is 17.0 Å². The minimum absolute atomic E-state index is 0. The third-order valence-electron chi connectivity index (χ3n) is 4.59. The molecule has 0 aliphatic rings. The van der Waals surface area contributed by atoms with Gasteiger partial charge in [0.15, 0.2) is 5.11 Å². The second-order valence-electron chi connectivity index (χ2n) is 8.32. The van der Waals surface area contributed by atoms with Crippen LogP contribution in [0.3, 0.4) is 0 Å².